The van der Waals surface area contributed by atoms with Gasteiger partial charge in [-0.3, -0.25) is 0 Å². The van der Waals surface area contributed by atoms with Crippen LogP contribution < -0.4 is 0 Å². The third-order valence-electron chi connectivity index (χ3n) is 9.75. The van der Waals surface area contributed by atoms with Crippen molar-refractivity contribution in [1.29, 1.82) is 0 Å². The molecular formula is C32H64Cl2P2Ru+2. The number of hydrogen-bond acceptors (Lipinski definition) is 0. The molecule has 0 aliphatic heterocycles. The first-order valence-corrected chi connectivity index (χ1v) is 25.8. The van der Waals surface area contributed by atoms with Crippen molar-refractivity contribution < 1.29 is 13.5 Å². The summed E-state index contributed by atoms with van der Waals surface area (Å²) in [6.45, 7) is 6.70. The fourth-order valence-electron chi connectivity index (χ4n) is 7.95. The summed E-state index contributed by atoms with van der Waals surface area (Å²) in [6, 6.07) is 0. The van der Waals surface area contributed by atoms with E-state index in [1.807, 2.05) is 11.5 Å². The van der Waals surface area contributed by atoms with Crippen LogP contribution in [0.4, 0.5) is 0 Å². The summed E-state index contributed by atoms with van der Waals surface area (Å²) in [6.07, 6.45) is 37.5. The monoisotopic (exact) mass is 682 g/mol. The van der Waals surface area contributed by atoms with Crippen LogP contribution in [0, 0.1) is 0 Å². The van der Waals surface area contributed by atoms with E-state index in [2.05, 4.69) is 13.8 Å². The van der Waals surface area contributed by atoms with Gasteiger partial charge in [0.1, 0.15) is 0 Å². The van der Waals surface area contributed by atoms with Crippen molar-refractivity contribution in [2.75, 3.05) is 12.3 Å². The Morgan fingerprint density at radius 1 is 0.514 bits per heavy atom. The van der Waals surface area contributed by atoms with Crippen LogP contribution in [0.2, 0.25) is 0 Å². The molecule has 4 aliphatic carbocycles. The number of hydrogen-bond donors (Lipinski definition) is 0. The molecule has 0 spiro atoms. The summed E-state index contributed by atoms with van der Waals surface area (Å²) in [5.41, 5.74) is 4.84. The van der Waals surface area contributed by atoms with Crippen molar-refractivity contribution in [2.45, 2.75) is 185 Å². The van der Waals surface area contributed by atoms with Crippen LogP contribution in [-0.2, 0) is 13.5 Å². The fraction of sp³-hybridized carbons (Fsp3) is 0.969. The van der Waals surface area contributed by atoms with Gasteiger partial charge in [-0.25, -0.2) is 0 Å². The maximum absolute atomic E-state index is 5.32. The van der Waals surface area contributed by atoms with Gasteiger partial charge in [-0.1, -0.05) is 39.5 Å². The molecule has 0 aromatic heterocycles. The van der Waals surface area contributed by atoms with Crippen LogP contribution in [0.25, 0.3) is 0 Å². The molecule has 222 valence electrons. The summed E-state index contributed by atoms with van der Waals surface area (Å²) in [7, 11) is 10.6. The Labute approximate surface area is 249 Å². The van der Waals surface area contributed by atoms with Crippen LogP contribution >= 0.6 is 35.2 Å². The maximum atomic E-state index is 5.32. The summed E-state index contributed by atoms with van der Waals surface area (Å²) in [4.78, 5) is 0. The quantitative estimate of drug-likeness (QED) is 0.177. The Morgan fingerprint density at radius 2 is 0.730 bits per heavy atom. The zero-order valence-corrected chi connectivity index (χ0v) is 30.2. The van der Waals surface area contributed by atoms with Crippen LogP contribution in [0.15, 0.2) is 0 Å². The summed E-state index contributed by atoms with van der Waals surface area (Å²) < 4.78 is 1.84. The van der Waals surface area contributed by atoms with E-state index in [9.17, 15) is 0 Å². The van der Waals surface area contributed by atoms with Gasteiger partial charge in [-0.15, -0.1) is 0 Å². The Morgan fingerprint density at radius 3 is 0.892 bits per heavy atom. The van der Waals surface area contributed by atoms with E-state index in [1.165, 1.54) is 61.2 Å². The molecule has 4 saturated carbocycles. The normalized spacial score (nSPS) is 23.2. The predicted octanol–water partition coefficient (Wildman–Crippen LogP) is 12.3. The molecule has 5 heteroatoms. The van der Waals surface area contributed by atoms with Gasteiger partial charge in [0.15, 0.2) is 0 Å². The van der Waals surface area contributed by atoms with E-state index < -0.39 is 13.5 Å². The SMILES string of the molecule is CCC[PH+](C1CCCCC1)C1CCCCC1.CCC[PH+](C1CCCCC1)C1CCCCC1.C[CH]=[Ru]([Cl])[Cl]. The van der Waals surface area contributed by atoms with E-state index in [0.717, 1.165) is 0 Å². The second-order valence-electron chi connectivity index (χ2n) is 12.4. The zero-order chi connectivity index (χ0) is 26.7. The van der Waals surface area contributed by atoms with Crippen molar-refractivity contribution in [1.82, 2.24) is 0 Å². The molecule has 0 heterocycles. The average Bonchev–Trinajstić information content (AvgIpc) is 2.97. The summed E-state index contributed by atoms with van der Waals surface area (Å²) >= 11 is -1.36. The molecule has 0 bridgehead atoms. The molecule has 4 rings (SSSR count). The van der Waals surface area contributed by atoms with E-state index >= 15 is 0 Å². The van der Waals surface area contributed by atoms with Crippen molar-refractivity contribution in [2.24, 2.45) is 0 Å². The molecule has 0 unspecified atom stereocenters. The van der Waals surface area contributed by atoms with Crippen molar-refractivity contribution in [3.05, 3.63) is 0 Å². The first-order chi connectivity index (χ1) is 18.1. The molecule has 0 atom stereocenters. The van der Waals surface area contributed by atoms with Crippen LogP contribution in [0.5, 0.6) is 0 Å². The Balaban J connectivity index is 0.000000221. The molecule has 4 aliphatic rings. The molecule has 0 saturated heterocycles. The van der Waals surface area contributed by atoms with Gasteiger partial charge in [0.05, 0.1) is 35.0 Å². The first kappa shape index (κ1) is 35.1. The van der Waals surface area contributed by atoms with Gasteiger partial charge in [-0.2, -0.15) is 0 Å². The van der Waals surface area contributed by atoms with Crippen LogP contribution in [-0.4, -0.2) is 39.6 Å². The fourth-order valence-corrected chi connectivity index (χ4v) is 16.7. The van der Waals surface area contributed by atoms with Crippen LogP contribution in [0.3, 0.4) is 0 Å². The van der Waals surface area contributed by atoms with Gasteiger partial charge in [0.25, 0.3) is 0 Å². The molecule has 37 heavy (non-hydrogen) atoms. The molecule has 0 nitrogen and oxygen atoms in total. The summed E-state index contributed by atoms with van der Waals surface area (Å²) in [5, 5.41) is 0. The van der Waals surface area contributed by atoms with Crippen molar-refractivity contribution in [3.8, 4) is 0 Å². The second kappa shape index (κ2) is 22.5. The topological polar surface area (TPSA) is 0 Å². The minimum absolute atomic E-state index is 0.00320. The first-order valence-electron chi connectivity index (χ1n) is 16.6. The van der Waals surface area contributed by atoms with Crippen molar-refractivity contribution >= 4 is 39.8 Å². The average molecular weight is 683 g/mol. The van der Waals surface area contributed by atoms with E-state index in [0.29, 0.717) is 0 Å². The third kappa shape index (κ3) is 14.6. The van der Waals surface area contributed by atoms with Gasteiger partial charge < -0.3 is 0 Å². The third-order valence-corrected chi connectivity index (χ3v) is 21.0. The molecule has 0 radical (unpaired) electrons. The van der Waals surface area contributed by atoms with Gasteiger partial charge in [-0.05, 0) is 116 Å². The molecule has 0 N–H and O–H groups in total. The Bertz CT molecular complexity index is 481. The molecule has 0 amide bonds. The Hall–Kier alpha value is 1.93. The van der Waals surface area contributed by atoms with E-state index in [4.69, 9.17) is 19.4 Å². The Kier molecular flexibility index (Phi) is 21.4. The molecule has 4 fully saturated rings. The predicted molar refractivity (Wildman–Crippen MR) is 178 cm³/mol. The molecular weight excluding hydrogens is 618 g/mol. The van der Waals surface area contributed by atoms with Gasteiger partial charge in [0, 0.05) is 15.8 Å². The number of rotatable bonds is 8. The summed E-state index contributed by atoms with van der Waals surface area (Å²) in [5.74, 6) is 0. The minimum atomic E-state index is -1.36. The molecule has 0 aromatic rings. The standard InChI is InChI=1S/2C15H29P.C2H4.2ClH.Ru/c2*1-2-13-16(14-9-5-3-6-10-14)15-11-7-4-8-12-15;1-2;;;/h2*14-15H,2-13H2,1H3;1H,2H3;2*1H;/q;;;;;+2. The van der Waals surface area contributed by atoms with E-state index in [1.54, 1.807) is 115 Å². The molecule has 0 aromatic carbocycles. The number of halogens is 2. The van der Waals surface area contributed by atoms with Crippen molar-refractivity contribution in [3.63, 3.8) is 0 Å². The van der Waals surface area contributed by atoms with Gasteiger partial charge >= 0.3 is 44.4 Å². The van der Waals surface area contributed by atoms with Gasteiger partial charge in [0.2, 0.25) is 0 Å². The second-order valence-corrected chi connectivity index (χ2v) is 25.2. The van der Waals surface area contributed by atoms with E-state index in [-0.39, 0.29) is 15.8 Å². The zero-order valence-electron chi connectivity index (χ0n) is 25.0. The van der Waals surface area contributed by atoms with Crippen LogP contribution in [0.1, 0.15) is 162 Å².